The zero-order valence-corrected chi connectivity index (χ0v) is 13.7. The van der Waals surface area contributed by atoms with E-state index in [1.54, 1.807) is 26.0 Å². The number of nitrogens with one attached hydrogen (secondary N) is 1. The first kappa shape index (κ1) is 16.8. The number of likely N-dealkylation sites (N-methyl/N-ethyl adjacent to an activating group) is 1. The van der Waals surface area contributed by atoms with Crippen molar-refractivity contribution in [2.75, 3.05) is 40.8 Å². The highest BCUT2D eigenvalue weighted by atomic mass is 16.2. The molecule has 1 saturated heterocycles. The minimum Gasteiger partial charge on any atom is -0.347 e. The number of nitrogens with zero attached hydrogens (tertiary/aromatic N) is 3. The van der Waals surface area contributed by atoms with Gasteiger partial charge in [-0.1, -0.05) is 20.3 Å². The van der Waals surface area contributed by atoms with Crippen LogP contribution < -0.4 is 5.32 Å². The van der Waals surface area contributed by atoms with Crippen molar-refractivity contribution in [3.63, 3.8) is 0 Å². The smallest absolute Gasteiger partial charge is 0.241 e. The van der Waals surface area contributed by atoms with Gasteiger partial charge in [0.1, 0.15) is 0 Å². The first-order chi connectivity index (χ1) is 9.41. The van der Waals surface area contributed by atoms with Gasteiger partial charge in [-0.15, -0.1) is 0 Å². The third-order valence-electron chi connectivity index (χ3n) is 4.04. The molecule has 1 rings (SSSR count). The van der Waals surface area contributed by atoms with Crippen LogP contribution in [0.25, 0.3) is 0 Å². The first-order valence-electron chi connectivity index (χ1n) is 7.57. The summed E-state index contributed by atoms with van der Waals surface area (Å²) in [5, 5.41) is 3.18. The van der Waals surface area contributed by atoms with Crippen molar-refractivity contribution in [3.05, 3.63) is 0 Å². The van der Waals surface area contributed by atoms with Crippen LogP contribution in [0.4, 0.5) is 0 Å². The van der Waals surface area contributed by atoms with Crippen molar-refractivity contribution >= 4 is 11.9 Å². The summed E-state index contributed by atoms with van der Waals surface area (Å²) < 4.78 is 0. The van der Waals surface area contributed by atoms with Crippen molar-refractivity contribution in [1.29, 1.82) is 0 Å². The van der Waals surface area contributed by atoms with Gasteiger partial charge in [0, 0.05) is 34.2 Å². The molecule has 0 saturated carbocycles. The lowest BCUT2D eigenvalue weighted by molar-refractivity contribution is -0.127. The number of aliphatic imine (C=N–C) groups is 1. The largest absolute Gasteiger partial charge is 0.347 e. The van der Waals surface area contributed by atoms with Crippen molar-refractivity contribution in [2.24, 2.45) is 10.4 Å². The molecule has 0 radical (unpaired) electrons. The van der Waals surface area contributed by atoms with Gasteiger partial charge in [-0.25, -0.2) is 0 Å². The summed E-state index contributed by atoms with van der Waals surface area (Å²) in [5.41, 5.74) is 0.371. The maximum Gasteiger partial charge on any atom is 0.241 e. The van der Waals surface area contributed by atoms with Gasteiger partial charge in [-0.3, -0.25) is 9.79 Å². The van der Waals surface area contributed by atoms with Gasteiger partial charge in [0.05, 0.1) is 6.54 Å². The average Bonchev–Trinajstić information content (AvgIpc) is 2.39. The molecule has 0 aromatic heterocycles. The van der Waals surface area contributed by atoms with Gasteiger partial charge in [0.2, 0.25) is 5.91 Å². The number of hydrogen-bond donors (Lipinski definition) is 1. The van der Waals surface area contributed by atoms with E-state index in [1.807, 2.05) is 0 Å². The van der Waals surface area contributed by atoms with Crippen LogP contribution in [0, 0.1) is 5.41 Å². The number of hydrogen-bond acceptors (Lipinski definition) is 2. The van der Waals surface area contributed by atoms with E-state index in [9.17, 15) is 4.79 Å². The fourth-order valence-corrected chi connectivity index (χ4v) is 2.95. The van der Waals surface area contributed by atoms with E-state index < -0.39 is 0 Å². The van der Waals surface area contributed by atoms with E-state index in [0.29, 0.717) is 12.0 Å². The monoisotopic (exact) mass is 282 g/mol. The Kier molecular flexibility index (Phi) is 6.30. The molecule has 5 nitrogen and oxygen atoms in total. The van der Waals surface area contributed by atoms with Gasteiger partial charge in [-0.05, 0) is 24.7 Å². The summed E-state index contributed by atoms with van der Waals surface area (Å²) in [6, 6.07) is 0. The quantitative estimate of drug-likeness (QED) is 0.629. The Hall–Kier alpha value is -1.26. The number of rotatable bonds is 4. The maximum atomic E-state index is 11.7. The second-order valence-electron chi connectivity index (χ2n) is 6.27. The van der Waals surface area contributed by atoms with Gasteiger partial charge in [0.25, 0.3) is 0 Å². The van der Waals surface area contributed by atoms with E-state index in [1.165, 1.54) is 25.7 Å². The standard InChI is InChI=1S/C15H30N4O/c1-6-8-15(2)9-7-10-19(12-15)14(16-3)17-11-13(20)18(4)5/h6-12H2,1-5H3,(H,16,17). The van der Waals surface area contributed by atoms with Crippen LogP contribution >= 0.6 is 0 Å². The van der Waals surface area contributed by atoms with Crippen LogP contribution in [0.15, 0.2) is 4.99 Å². The normalized spacial score (nSPS) is 23.6. The molecule has 1 aliphatic rings. The Morgan fingerprint density at radius 1 is 1.45 bits per heavy atom. The zero-order chi connectivity index (χ0) is 15.2. The lowest BCUT2D eigenvalue weighted by Crippen LogP contribution is -2.51. The van der Waals surface area contributed by atoms with Crippen LogP contribution in [0.3, 0.4) is 0 Å². The number of carbonyl (C=O) groups excluding carboxylic acids is 1. The number of amides is 1. The van der Waals surface area contributed by atoms with Gasteiger partial charge < -0.3 is 15.1 Å². The van der Waals surface area contributed by atoms with E-state index in [0.717, 1.165) is 19.0 Å². The molecule has 5 heteroatoms. The molecule has 1 heterocycles. The highest BCUT2D eigenvalue weighted by molar-refractivity contribution is 5.86. The topological polar surface area (TPSA) is 47.9 Å². The fraction of sp³-hybridized carbons (Fsp3) is 0.867. The van der Waals surface area contributed by atoms with Crippen molar-refractivity contribution in [1.82, 2.24) is 15.1 Å². The Morgan fingerprint density at radius 3 is 2.70 bits per heavy atom. The summed E-state index contributed by atoms with van der Waals surface area (Å²) in [7, 11) is 5.33. The molecule has 0 spiro atoms. The van der Waals surface area contributed by atoms with Crippen LogP contribution in [-0.4, -0.2) is 62.4 Å². The maximum absolute atomic E-state index is 11.7. The Labute approximate surface area is 123 Å². The second-order valence-corrected chi connectivity index (χ2v) is 6.27. The molecular weight excluding hydrogens is 252 g/mol. The number of carbonyl (C=O) groups is 1. The van der Waals surface area contributed by atoms with Gasteiger partial charge in [-0.2, -0.15) is 0 Å². The molecule has 20 heavy (non-hydrogen) atoms. The predicted molar refractivity (Wildman–Crippen MR) is 83.9 cm³/mol. The van der Waals surface area contributed by atoms with Crippen LogP contribution in [0.5, 0.6) is 0 Å². The lowest BCUT2D eigenvalue weighted by Gasteiger charge is -2.42. The number of likely N-dealkylation sites (tertiary alicyclic amines) is 1. The Morgan fingerprint density at radius 2 is 2.15 bits per heavy atom. The molecule has 1 N–H and O–H groups in total. The summed E-state index contributed by atoms with van der Waals surface area (Å²) in [5.74, 6) is 0.918. The van der Waals surface area contributed by atoms with E-state index in [-0.39, 0.29) is 5.91 Å². The van der Waals surface area contributed by atoms with Crippen molar-refractivity contribution in [2.45, 2.75) is 39.5 Å². The van der Waals surface area contributed by atoms with E-state index >= 15 is 0 Å². The molecular formula is C15H30N4O. The van der Waals surface area contributed by atoms with Gasteiger partial charge >= 0.3 is 0 Å². The third kappa shape index (κ3) is 4.69. The Balaban J connectivity index is 2.59. The van der Waals surface area contributed by atoms with E-state index in [2.05, 4.69) is 29.1 Å². The Bertz CT molecular complexity index is 350. The van der Waals surface area contributed by atoms with E-state index in [4.69, 9.17) is 0 Å². The number of guanidine groups is 1. The molecule has 0 aromatic carbocycles. The molecule has 0 aliphatic carbocycles. The zero-order valence-electron chi connectivity index (χ0n) is 13.7. The van der Waals surface area contributed by atoms with Crippen molar-refractivity contribution in [3.8, 4) is 0 Å². The van der Waals surface area contributed by atoms with Crippen molar-refractivity contribution < 1.29 is 4.79 Å². The first-order valence-corrected chi connectivity index (χ1v) is 7.57. The second kappa shape index (κ2) is 7.50. The molecule has 1 atom stereocenters. The summed E-state index contributed by atoms with van der Waals surface area (Å²) in [6.45, 7) is 6.96. The highest BCUT2D eigenvalue weighted by Crippen LogP contribution is 2.33. The lowest BCUT2D eigenvalue weighted by atomic mass is 9.78. The van der Waals surface area contributed by atoms with Crippen LogP contribution in [-0.2, 0) is 4.79 Å². The summed E-state index contributed by atoms with van der Waals surface area (Å²) in [6.07, 6.45) is 4.94. The molecule has 116 valence electrons. The number of piperidine rings is 1. The minimum absolute atomic E-state index is 0.0690. The molecule has 0 aromatic rings. The molecule has 0 bridgehead atoms. The SMILES string of the molecule is CCCC1(C)CCCN(C(=NC)NCC(=O)N(C)C)C1. The van der Waals surface area contributed by atoms with Crippen LogP contribution in [0.2, 0.25) is 0 Å². The molecule has 1 unspecified atom stereocenters. The highest BCUT2D eigenvalue weighted by Gasteiger charge is 2.31. The van der Waals surface area contributed by atoms with Gasteiger partial charge in [0.15, 0.2) is 5.96 Å². The fourth-order valence-electron chi connectivity index (χ4n) is 2.95. The minimum atomic E-state index is 0.0690. The molecule has 1 amide bonds. The average molecular weight is 282 g/mol. The van der Waals surface area contributed by atoms with Crippen LogP contribution in [0.1, 0.15) is 39.5 Å². The molecule has 1 aliphatic heterocycles. The third-order valence-corrected chi connectivity index (χ3v) is 4.04. The predicted octanol–water partition coefficient (Wildman–Crippen LogP) is 1.55. The summed E-state index contributed by atoms with van der Waals surface area (Å²) in [4.78, 5) is 19.9. The molecule has 1 fully saturated rings. The summed E-state index contributed by atoms with van der Waals surface area (Å²) >= 11 is 0.